The molecule has 0 saturated heterocycles. The highest BCUT2D eigenvalue weighted by molar-refractivity contribution is 5.99. The van der Waals surface area contributed by atoms with Gasteiger partial charge in [0, 0.05) is 23.6 Å². The molecule has 1 aliphatic rings. The Balaban J connectivity index is 1.84. The van der Waals surface area contributed by atoms with Gasteiger partial charge >= 0.3 is 0 Å². The summed E-state index contributed by atoms with van der Waals surface area (Å²) in [4.78, 5) is 15.9. The highest BCUT2D eigenvalue weighted by Crippen LogP contribution is 2.28. The van der Waals surface area contributed by atoms with E-state index in [0.29, 0.717) is 6.42 Å². The van der Waals surface area contributed by atoms with Gasteiger partial charge in [-0.3, -0.25) is 4.79 Å². The lowest BCUT2D eigenvalue weighted by Crippen LogP contribution is -2.03. The molecule has 0 aliphatic carbocycles. The Morgan fingerprint density at radius 3 is 3.05 bits per heavy atom. The van der Waals surface area contributed by atoms with Crippen molar-refractivity contribution in [2.75, 3.05) is 5.32 Å². The molecule has 0 atom stereocenters. The summed E-state index contributed by atoms with van der Waals surface area (Å²) in [6.07, 6.45) is 4.43. The summed E-state index contributed by atoms with van der Waals surface area (Å²) < 4.78 is 1.99. The summed E-state index contributed by atoms with van der Waals surface area (Å²) in [6, 6.07) is 11.9. The van der Waals surface area contributed by atoms with Gasteiger partial charge in [-0.1, -0.05) is 12.1 Å². The van der Waals surface area contributed by atoms with E-state index in [9.17, 15) is 4.79 Å². The zero-order chi connectivity index (χ0) is 12.8. The number of imidazole rings is 1. The Labute approximate surface area is 109 Å². The van der Waals surface area contributed by atoms with E-state index in [1.807, 2.05) is 53.2 Å². The topological polar surface area (TPSA) is 46.4 Å². The molecule has 3 heterocycles. The smallest absolute Gasteiger partial charge is 0.228 e. The van der Waals surface area contributed by atoms with Crippen LogP contribution in [0.4, 0.5) is 5.69 Å². The van der Waals surface area contributed by atoms with E-state index in [0.717, 1.165) is 28.2 Å². The van der Waals surface area contributed by atoms with Crippen molar-refractivity contribution in [1.29, 1.82) is 0 Å². The molecule has 4 nitrogen and oxygen atoms in total. The van der Waals surface area contributed by atoms with Crippen LogP contribution in [-0.4, -0.2) is 15.3 Å². The quantitative estimate of drug-likeness (QED) is 0.720. The number of nitrogens with one attached hydrogen (secondary N) is 1. The van der Waals surface area contributed by atoms with Crippen molar-refractivity contribution in [3.05, 3.63) is 54.4 Å². The normalized spacial score (nSPS) is 13.6. The van der Waals surface area contributed by atoms with Crippen molar-refractivity contribution in [2.24, 2.45) is 0 Å². The van der Waals surface area contributed by atoms with Gasteiger partial charge in [-0.2, -0.15) is 0 Å². The maximum atomic E-state index is 11.4. The number of hydrogen-bond acceptors (Lipinski definition) is 2. The SMILES string of the molecule is O=C1Cc2cc(-c3cn4ccccc4n3)ccc2N1. The predicted molar refractivity (Wildman–Crippen MR) is 73.0 cm³/mol. The lowest BCUT2D eigenvalue weighted by atomic mass is 10.1. The van der Waals surface area contributed by atoms with E-state index in [2.05, 4.69) is 10.3 Å². The van der Waals surface area contributed by atoms with E-state index in [1.165, 1.54) is 0 Å². The van der Waals surface area contributed by atoms with Crippen molar-refractivity contribution in [3.8, 4) is 11.3 Å². The van der Waals surface area contributed by atoms with E-state index in [1.54, 1.807) is 0 Å². The highest BCUT2D eigenvalue weighted by Gasteiger charge is 2.18. The van der Waals surface area contributed by atoms with Crippen LogP contribution in [0.3, 0.4) is 0 Å². The Morgan fingerprint density at radius 2 is 2.16 bits per heavy atom. The van der Waals surface area contributed by atoms with Gasteiger partial charge in [0.2, 0.25) is 5.91 Å². The van der Waals surface area contributed by atoms with Crippen LogP contribution in [-0.2, 0) is 11.2 Å². The molecule has 2 aromatic heterocycles. The molecule has 0 radical (unpaired) electrons. The fourth-order valence-electron chi connectivity index (χ4n) is 2.46. The van der Waals surface area contributed by atoms with E-state index in [-0.39, 0.29) is 5.91 Å². The van der Waals surface area contributed by atoms with Gasteiger partial charge < -0.3 is 9.72 Å². The van der Waals surface area contributed by atoms with Gasteiger partial charge in [0.1, 0.15) is 5.65 Å². The first kappa shape index (κ1) is 10.3. The van der Waals surface area contributed by atoms with Crippen LogP contribution in [0.2, 0.25) is 0 Å². The number of carbonyl (C=O) groups is 1. The van der Waals surface area contributed by atoms with Crippen molar-refractivity contribution in [3.63, 3.8) is 0 Å². The van der Waals surface area contributed by atoms with Gasteiger partial charge in [0.05, 0.1) is 12.1 Å². The highest BCUT2D eigenvalue weighted by atomic mass is 16.1. The van der Waals surface area contributed by atoms with E-state index in [4.69, 9.17) is 0 Å². The summed E-state index contributed by atoms with van der Waals surface area (Å²) >= 11 is 0. The summed E-state index contributed by atoms with van der Waals surface area (Å²) in [7, 11) is 0. The second-order valence-electron chi connectivity index (χ2n) is 4.69. The zero-order valence-electron chi connectivity index (χ0n) is 10.1. The Kier molecular flexibility index (Phi) is 2.00. The zero-order valence-corrected chi connectivity index (χ0v) is 10.1. The minimum Gasteiger partial charge on any atom is -0.326 e. The maximum absolute atomic E-state index is 11.4. The second-order valence-corrected chi connectivity index (χ2v) is 4.69. The van der Waals surface area contributed by atoms with Crippen LogP contribution in [0.15, 0.2) is 48.8 Å². The predicted octanol–water partition coefficient (Wildman–Crippen LogP) is 2.50. The van der Waals surface area contributed by atoms with Crippen molar-refractivity contribution < 1.29 is 4.79 Å². The van der Waals surface area contributed by atoms with Gasteiger partial charge in [-0.05, 0) is 29.8 Å². The number of nitrogens with zero attached hydrogens (tertiary/aromatic N) is 2. The maximum Gasteiger partial charge on any atom is 0.228 e. The molecule has 0 bridgehead atoms. The molecule has 4 rings (SSSR count). The second kappa shape index (κ2) is 3.68. The lowest BCUT2D eigenvalue weighted by molar-refractivity contribution is -0.115. The number of aromatic nitrogens is 2. The van der Waals surface area contributed by atoms with E-state index < -0.39 is 0 Å². The first-order valence-corrected chi connectivity index (χ1v) is 6.16. The molecule has 0 unspecified atom stereocenters. The number of fused-ring (bicyclic) bond motifs is 2. The van der Waals surface area contributed by atoms with Crippen molar-refractivity contribution in [1.82, 2.24) is 9.38 Å². The Bertz CT molecular complexity index is 771. The third kappa shape index (κ3) is 1.61. The average Bonchev–Trinajstić information content (AvgIpc) is 2.99. The molecule has 1 N–H and O–H groups in total. The van der Waals surface area contributed by atoms with Crippen LogP contribution in [0.5, 0.6) is 0 Å². The third-order valence-electron chi connectivity index (χ3n) is 3.39. The summed E-state index contributed by atoms with van der Waals surface area (Å²) in [5, 5.41) is 2.84. The molecule has 0 fully saturated rings. The summed E-state index contributed by atoms with van der Waals surface area (Å²) in [5.74, 6) is 0.0575. The number of amides is 1. The lowest BCUT2D eigenvalue weighted by Gasteiger charge is -2.00. The molecular weight excluding hydrogens is 238 g/mol. The van der Waals surface area contributed by atoms with Crippen LogP contribution in [0.1, 0.15) is 5.56 Å². The third-order valence-corrected chi connectivity index (χ3v) is 3.39. The van der Waals surface area contributed by atoms with Crippen LogP contribution < -0.4 is 5.32 Å². The molecule has 1 aromatic carbocycles. The van der Waals surface area contributed by atoms with Crippen LogP contribution in [0.25, 0.3) is 16.9 Å². The van der Waals surface area contributed by atoms with E-state index >= 15 is 0 Å². The molecule has 92 valence electrons. The molecule has 1 amide bonds. The average molecular weight is 249 g/mol. The standard InChI is InChI=1S/C15H11N3O/c19-15-8-11-7-10(4-5-12(11)17-15)13-9-18-6-2-1-3-14(18)16-13/h1-7,9H,8H2,(H,17,19). The first-order valence-electron chi connectivity index (χ1n) is 6.16. The van der Waals surface area contributed by atoms with Gasteiger partial charge in [0.25, 0.3) is 0 Å². The molecule has 0 spiro atoms. The fraction of sp³-hybridized carbons (Fsp3) is 0.0667. The number of rotatable bonds is 1. The number of anilines is 1. The van der Waals surface area contributed by atoms with Gasteiger partial charge in [0.15, 0.2) is 0 Å². The minimum absolute atomic E-state index is 0.0575. The Hall–Kier alpha value is -2.62. The molecule has 19 heavy (non-hydrogen) atoms. The van der Waals surface area contributed by atoms with Crippen molar-refractivity contribution in [2.45, 2.75) is 6.42 Å². The van der Waals surface area contributed by atoms with Crippen molar-refractivity contribution >= 4 is 17.2 Å². The first-order chi connectivity index (χ1) is 9.29. The molecule has 3 aromatic rings. The summed E-state index contributed by atoms with van der Waals surface area (Å²) in [5.41, 5.74) is 4.84. The number of carbonyl (C=O) groups excluding carboxylic acids is 1. The molecule has 0 saturated carbocycles. The summed E-state index contributed by atoms with van der Waals surface area (Å²) in [6.45, 7) is 0. The molecule has 1 aliphatic heterocycles. The Morgan fingerprint density at radius 1 is 1.21 bits per heavy atom. The largest absolute Gasteiger partial charge is 0.326 e. The van der Waals surface area contributed by atoms with Crippen LogP contribution >= 0.6 is 0 Å². The van der Waals surface area contributed by atoms with Gasteiger partial charge in [-0.15, -0.1) is 0 Å². The number of pyridine rings is 1. The fourth-order valence-corrected chi connectivity index (χ4v) is 2.46. The van der Waals surface area contributed by atoms with Crippen LogP contribution in [0, 0.1) is 0 Å². The molecular formula is C15H11N3O. The minimum atomic E-state index is 0.0575. The monoisotopic (exact) mass is 249 g/mol. The molecule has 4 heteroatoms. The number of hydrogen-bond donors (Lipinski definition) is 1. The van der Waals surface area contributed by atoms with Gasteiger partial charge in [-0.25, -0.2) is 4.98 Å². The number of benzene rings is 1.